The smallest absolute Gasteiger partial charge is 0.414 e. The van der Waals surface area contributed by atoms with Gasteiger partial charge in [-0.1, -0.05) is 71.0 Å². The fourth-order valence-electron chi connectivity index (χ4n) is 9.74. The molecule has 4 N–H and O–H groups in total. The average Bonchev–Trinajstić information content (AvgIpc) is 4.10. The normalized spacial score (nSPS) is 16.0. The van der Waals surface area contributed by atoms with Crippen LogP contribution in [0.25, 0.3) is 0 Å². The summed E-state index contributed by atoms with van der Waals surface area (Å²) in [6.07, 6.45) is 12.2. The van der Waals surface area contributed by atoms with Gasteiger partial charge >= 0.3 is 12.1 Å². The average molecular weight is 1160 g/mol. The molecule has 0 fully saturated rings. The number of rotatable bonds is 28. The number of nitrogens with one attached hydrogen (secondary N) is 3. The SMILES string of the molecule is CC.CC(C)C(C=O)NC(=O)CCCCC(=O)O.CNCC(=O)Nc1ccc(COC(=O)N(CC2Cc3ccccc3N2C)c2cc(OCCCOc3cc(N=CC4CC5=C(C=CC(C)C5)N4C)c(C=O)cc3OC)c(OC)cc2C=O)cc1. The van der Waals surface area contributed by atoms with Crippen molar-refractivity contribution in [2.75, 3.05) is 76.8 Å². The van der Waals surface area contributed by atoms with E-state index in [0.29, 0.717) is 89.1 Å². The molecule has 0 saturated heterocycles. The van der Waals surface area contributed by atoms with Gasteiger partial charge in [0, 0.05) is 86.4 Å². The molecule has 20 nitrogen and oxygen atoms in total. The Kier molecular flexibility index (Phi) is 26.5. The summed E-state index contributed by atoms with van der Waals surface area (Å²) < 4.78 is 29.6. The lowest BCUT2D eigenvalue weighted by Crippen LogP contribution is -2.44. The second-order valence-corrected chi connectivity index (χ2v) is 20.7. The van der Waals surface area contributed by atoms with E-state index in [1.165, 1.54) is 30.4 Å². The van der Waals surface area contributed by atoms with Crippen LogP contribution in [0.1, 0.15) is 111 Å². The standard InChI is InChI=1S/C51H58N6O9.C11H19NO4.C2H6/c1-33-12-17-44-36(20-33)22-40(55(44)3)27-53-42-25-48(46(62-5)23-37(42)30-58)64-18-9-19-65-49-26-45(38(31-59)24-47(49)63-6)57(29-41-21-35-10-7-8-11-43(35)56(41)4)51(61)66-32-34-13-15-39(16-14-34)54-50(60)28-52-2;1-8(2)9(7-13)12-10(14)5-3-4-6-11(15)16;1-2/h7-8,10-17,23-27,30-31,33,40-41,52H,9,18-22,28-29,32H2,1-6H3,(H,54,60);7-9H,3-6H2,1-2H3,(H,12,14)(H,15,16);1-2H3. The van der Waals surface area contributed by atoms with E-state index >= 15 is 0 Å². The van der Waals surface area contributed by atoms with Crippen LogP contribution in [0.3, 0.4) is 0 Å². The minimum Gasteiger partial charge on any atom is -0.493 e. The van der Waals surface area contributed by atoms with E-state index in [4.69, 9.17) is 33.8 Å². The van der Waals surface area contributed by atoms with Gasteiger partial charge in [-0.2, -0.15) is 0 Å². The van der Waals surface area contributed by atoms with Crippen LogP contribution in [0.2, 0.25) is 0 Å². The highest BCUT2D eigenvalue weighted by atomic mass is 16.6. The Morgan fingerprint density at radius 3 is 2.07 bits per heavy atom. The number of methoxy groups -OCH3 is 2. The van der Waals surface area contributed by atoms with Crippen molar-refractivity contribution < 1.29 is 62.4 Å². The molecule has 0 spiro atoms. The zero-order valence-corrected chi connectivity index (χ0v) is 50.1. The summed E-state index contributed by atoms with van der Waals surface area (Å²) in [7, 11) is 8.74. The molecule has 3 amide bonds. The number of hydrogen-bond acceptors (Lipinski definition) is 16. The van der Waals surface area contributed by atoms with Crippen LogP contribution < -0.4 is 44.7 Å². The topological polar surface area (TPSA) is 244 Å². The summed E-state index contributed by atoms with van der Waals surface area (Å²) in [4.78, 5) is 93.8. The van der Waals surface area contributed by atoms with Gasteiger partial charge in [0.2, 0.25) is 11.8 Å². The molecule has 1 aliphatic carbocycles. The summed E-state index contributed by atoms with van der Waals surface area (Å²) in [6.45, 7) is 10.7. The molecule has 3 aliphatic rings. The van der Waals surface area contributed by atoms with Crippen molar-refractivity contribution in [3.8, 4) is 23.0 Å². The third kappa shape index (κ3) is 18.8. The number of carbonyl (C=O) groups excluding carboxylic acids is 6. The number of unbranched alkanes of at least 4 members (excludes halogenated alkanes) is 1. The number of benzene rings is 4. The van der Waals surface area contributed by atoms with Crippen molar-refractivity contribution in [1.29, 1.82) is 0 Å². The van der Waals surface area contributed by atoms with Crippen molar-refractivity contribution in [2.24, 2.45) is 16.8 Å². The summed E-state index contributed by atoms with van der Waals surface area (Å²) in [6, 6.07) is 21.1. The van der Waals surface area contributed by atoms with Crippen molar-refractivity contribution >= 4 is 71.7 Å². The number of likely N-dealkylation sites (N-methyl/N-ethyl adjacent to an activating group) is 3. The second kappa shape index (κ2) is 33.6. The van der Waals surface area contributed by atoms with Gasteiger partial charge < -0.3 is 59.3 Å². The molecule has 4 unspecified atom stereocenters. The first kappa shape index (κ1) is 66.3. The largest absolute Gasteiger partial charge is 0.493 e. The molecular weight excluding hydrogens is 1070 g/mol. The van der Waals surface area contributed by atoms with Gasteiger partial charge in [0.1, 0.15) is 12.9 Å². The lowest BCUT2D eigenvalue weighted by Gasteiger charge is -2.31. The number of aliphatic imine (C=N–C) groups is 1. The Hall–Kier alpha value is -8.52. The number of nitrogens with zero attached hydrogens (tertiary/aromatic N) is 4. The van der Waals surface area contributed by atoms with E-state index in [0.717, 1.165) is 36.7 Å². The summed E-state index contributed by atoms with van der Waals surface area (Å²) in [5, 5.41) is 16.6. The van der Waals surface area contributed by atoms with Gasteiger partial charge in [0.15, 0.2) is 35.6 Å². The molecular formula is C64H83N7O13. The molecule has 4 aromatic rings. The van der Waals surface area contributed by atoms with Crippen LogP contribution in [0.4, 0.5) is 27.5 Å². The maximum atomic E-state index is 14.2. The molecule has 7 rings (SSSR count). The Labute approximate surface area is 493 Å². The number of aldehydes is 3. The predicted molar refractivity (Wildman–Crippen MR) is 326 cm³/mol. The number of allylic oxidation sites excluding steroid dienone is 2. The molecule has 20 heteroatoms. The van der Waals surface area contributed by atoms with Gasteiger partial charge in [-0.25, -0.2) is 4.79 Å². The third-order valence-corrected chi connectivity index (χ3v) is 14.4. The minimum atomic E-state index is -0.853. The summed E-state index contributed by atoms with van der Waals surface area (Å²) in [5.41, 5.74) is 7.57. The number of carboxylic acids is 1. The monoisotopic (exact) mass is 1160 g/mol. The molecule has 4 atom stereocenters. The lowest BCUT2D eigenvalue weighted by atomic mass is 9.93. The number of hydrogen-bond donors (Lipinski definition) is 4. The number of fused-ring (bicyclic) bond motifs is 1. The van der Waals surface area contributed by atoms with E-state index in [1.54, 1.807) is 55.6 Å². The zero-order valence-electron chi connectivity index (χ0n) is 50.1. The number of carboxylic acid groups (broad SMARTS) is 1. The molecule has 0 saturated carbocycles. The van der Waals surface area contributed by atoms with Crippen molar-refractivity contribution in [3.05, 3.63) is 118 Å². The maximum absolute atomic E-state index is 14.2. The highest BCUT2D eigenvalue weighted by molar-refractivity contribution is 5.97. The number of para-hydroxylation sites is 1. The van der Waals surface area contributed by atoms with E-state index in [-0.39, 0.29) is 81.1 Å². The number of anilines is 3. The molecule has 0 aromatic heterocycles. The Bertz CT molecular complexity index is 2980. The van der Waals surface area contributed by atoms with Crippen LogP contribution in [0, 0.1) is 11.8 Å². The first-order valence-electron chi connectivity index (χ1n) is 28.5. The molecule has 0 radical (unpaired) electrons. The predicted octanol–water partition coefficient (Wildman–Crippen LogP) is 9.79. The highest BCUT2D eigenvalue weighted by Crippen LogP contribution is 2.40. The number of aliphatic carboxylic acids is 1. The van der Waals surface area contributed by atoms with Crippen LogP contribution in [0.15, 0.2) is 101 Å². The van der Waals surface area contributed by atoms with Crippen LogP contribution in [-0.2, 0) is 36.9 Å². The van der Waals surface area contributed by atoms with E-state index < -0.39 is 18.1 Å². The first-order chi connectivity index (χ1) is 40.5. The third-order valence-electron chi connectivity index (χ3n) is 14.4. The lowest BCUT2D eigenvalue weighted by molar-refractivity contribution is -0.137. The Morgan fingerprint density at radius 1 is 0.798 bits per heavy atom. The van der Waals surface area contributed by atoms with Crippen molar-refractivity contribution in [1.82, 2.24) is 15.5 Å². The van der Waals surface area contributed by atoms with Crippen LogP contribution >= 0.6 is 0 Å². The van der Waals surface area contributed by atoms with Crippen LogP contribution in [-0.4, -0.2) is 139 Å². The van der Waals surface area contributed by atoms with Gasteiger partial charge in [0.25, 0.3) is 0 Å². The first-order valence-corrected chi connectivity index (χ1v) is 28.5. The van der Waals surface area contributed by atoms with E-state index in [9.17, 15) is 33.6 Å². The molecule has 2 aliphatic heterocycles. The van der Waals surface area contributed by atoms with Gasteiger partial charge in [-0.05, 0) is 104 Å². The molecule has 0 bridgehead atoms. The number of ether oxygens (including phenoxy) is 5. The summed E-state index contributed by atoms with van der Waals surface area (Å²) in [5.74, 6) is 0.804. The Morgan fingerprint density at radius 2 is 1.45 bits per heavy atom. The zero-order chi connectivity index (χ0) is 61.3. The summed E-state index contributed by atoms with van der Waals surface area (Å²) >= 11 is 0. The van der Waals surface area contributed by atoms with E-state index in [2.05, 4.69) is 57.9 Å². The minimum absolute atomic E-state index is 0.0541. The molecule has 452 valence electrons. The van der Waals surface area contributed by atoms with Gasteiger partial charge in [0.05, 0.1) is 63.5 Å². The molecule has 2 heterocycles. The van der Waals surface area contributed by atoms with Gasteiger partial charge in [-0.3, -0.25) is 33.9 Å². The van der Waals surface area contributed by atoms with Crippen molar-refractivity contribution in [3.63, 3.8) is 0 Å². The molecule has 4 aromatic carbocycles. The Balaban J connectivity index is 0.000000621. The molecule has 84 heavy (non-hydrogen) atoms. The number of carbonyl (C=O) groups is 7. The second-order valence-electron chi connectivity index (χ2n) is 20.7. The fourth-order valence-corrected chi connectivity index (χ4v) is 9.74. The quantitative estimate of drug-likeness (QED) is 0.0235. The maximum Gasteiger partial charge on any atom is 0.414 e. The number of amides is 3. The highest BCUT2D eigenvalue weighted by Gasteiger charge is 2.33. The van der Waals surface area contributed by atoms with Crippen molar-refractivity contribution in [2.45, 2.75) is 111 Å². The van der Waals surface area contributed by atoms with E-state index in [1.807, 2.05) is 59.2 Å². The van der Waals surface area contributed by atoms with Crippen LogP contribution in [0.5, 0.6) is 23.0 Å². The van der Waals surface area contributed by atoms with Gasteiger partial charge in [-0.15, -0.1) is 0 Å². The fraction of sp³-hybridized carbons (Fsp3) is 0.438.